The van der Waals surface area contributed by atoms with Crippen LogP contribution in [0.5, 0.6) is 5.75 Å². The molecule has 1 amide bonds. The number of amides is 1. The van der Waals surface area contributed by atoms with E-state index in [-0.39, 0.29) is 12.5 Å². The first-order valence-electron chi connectivity index (χ1n) is 6.10. The second kappa shape index (κ2) is 7.95. The first-order chi connectivity index (χ1) is 10.1. The van der Waals surface area contributed by atoms with Gasteiger partial charge in [0.15, 0.2) is 6.61 Å². The van der Waals surface area contributed by atoms with Crippen molar-refractivity contribution >= 4 is 44.0 Å². The molecule has 0 fully saturated rings. The van der Waals surface area contributed by atoms with E-state index in [0.29, 0.717) is 5.75 Å². The Morgan fingerprint density at radius 1 is 1.19 bits per heavy atom. The second-order valence-corrected chi connectivity index (χ2v) is 5.84. The van der Waals surface area contributed by atoms with Crippen molar-refractivity contribution in [3.05, 3.63) is 63.0 Å². The highest BCUT2D eigenvalue weighted by Crippen LogP contribution is 2.27. The van der Waals surface area contributed by atoms with E-state index in [1.807, 2.05) is 42.5 Å². The number of hydrogen-bond acceptors (Lipinski definition) is 3. The Kier molecular flexibility index (Phi) is 5.95. The van der Waals surface area contributed by atoms with Gasteiger partial charge in [0.05, 0.1) is 10.7 Å². The van der Waals surface area contributed by atoms with Crippen LogP contribution in [-0.4, -0.2) is 18.7 Å². The monoisotopic (exact) mass is 410 g/mol. The topological polar surface area (TPSA) is 50.7 Å². The van der Waals surface area contributed by atoms with E-state index < -0.39 is 0 Å². The summed E-state index contributed by atoms with van der Waals surface area (Å²) in [6.45, 7) is -0.105. The summed E-state index contributed by atoms with van der Waals surface area (Å²) in [5.74, 6) is 0.275. The van der Waals surface area contributed by atoms with Crippen LogP contribution in [0.15, 0.2) is 62.6 Å². The summed E-state index contributed by atoms with van der Waals surface area (Å²) in [5.41, 5.74) is 3.32. The van der Waals surface area contributed by atoms with Crippen molar-refractivity contribution in [2.75, 3.05) is 6.61 Å². The Labute approximate surface area is 139 Å². The number of nitrogens with zero attached hydrogens (tertiary/aromatic N) is 1. The maximum absolute atomic E-state index is 11.6. The molecule has 0 aliphatic rings. The lowest BCUT2D eigenvalue weighted by atomic mass is 10.2. The number of carbonyl (C=O) groups is 1. The Bertz CT molecular complexity index is 645. The molecule has 0 bridgehead atoms. The number of hydrazone groups is 1. The van der Waals surface area contributed by atoms with Gasteiger partial charge in [-0.2, -0.15) is 5.10 Å². The van der Waals surface area contributed by atoms with E-state index in [2.05, 4.69) is 42.4 Å². The van der Waals surface area contributed by atoms with Gasteiger partial charge in [0.1, 0.15) is 5.75 Å². The largest absolute Gasteiger partial charge is 0.483 e. The lowest BCUT2D eigenvalue weighted by Gasteiger charge is -2.07. The molecule has 2 aromatic carbocycles. The van der Waals surface area contributed by atoms with Gasteiger partial charge in [0, 0.05) is 4.47 Å². The summed E-state index contributed by atoms with van der Waals surface area (Å²) in [7, 11) is 0. The summed E-state index contributed by atoms with van der Waals surface area (Å²) in [4.78, 5) is 11.6. The Hall–Kier alpha value is -1.66. The Balaban J connectivity index is 1.81. The maximum atomic E-state index is 11.6. The molecule has 0 aromatic heterocycles. The second-order valence-electron chi connectivity index (χ2n) is 4.07. The zero-order valence-electron chi connectivity index (χ0n) is 10.9. The molecule has 0 atom stereocenters. The van der Waals surface area contributed by atoms with Crippen molar-refractivity contribution in [1.29, 1.82) is 0 Å². The number of ether oxygens (including phenoxy) is 1. The summed E-state index contributed by atoms with van der Waals surface area (Å²) < 4.78 is 7.11. The van der Waals surface area contributed by atoms with Crippen molar-refractivity contribution in [3.63, 3.8) is 0 Å². The smallest absolute Gasteiger partial charge is 0.277 e. The highest BCUT2D eigenvalue weighted by Gasteiger charge is 2.05. The van der Waals surface area contributed by atoms with E-state index in [4.69, 9.17) is 4.74 Å². The summed E-state index contributed by atoms with van der Waals surface area (Å²) >= 11 is 6.71. The van der Waals surface area contributed by atoms with E-state index in [1.165, 1.54) is 0 Å². The first kappa shape index (κ1) is 15.7. The third kappa shape index (κ3) is 5.32. The molecule has 4 nitrogen and oxygen atoms in total. The van der Waals surface area contributed by atoms with E-state index in [1.54, 1.807) is 12.3 Å². The minimum absolute atomic E-state index is 0.105. The molecular formula is C15H12Br2N2O2. The zero-order chi connectivity index (χ0) is 15.1. The molecule has 0 aliphatic carbocycles. The molecule has 108 valence electrons. The van der Waals surface area contributed by atoms with E-state index in [0.717, 1.165) is 14.5 Å². The Morgan fingerprint density at radius 3 is 2.67 bits per heavy atom. The van der Waals surface area contributed by atoms with Gasteiger partial charge in [-0.3, -0.25) is 4.79 Å². The molecule has 0 aliphatic heterocycles. The molecule has 2 aromatic rings. The van der Waals surface area contributed by atoms with Gasteiger partial charge >= 0.3 is 0 Å². The predicted octanol–water partition coefficient (Wildman–Crippen LogP) is 3.74. The average Bonchev–Trinajstić information content (AvgIpc) is 2.47. The molecule has 2 rings (SSSR count). The SMILES string of the molecule is O=C(COc1ccc(Br)cc1Br)N/N=C/c1ccccc1. The summed E-state index contributed by atoms with van der Waals surface area (Å²) in [6, 6.07) is 15.0. The van der Waals surface area contributed by atoms with Crippen LogP contribution >= 0.6 is 31.9 Å². The minimum Gasteiger partial charge on any atom is -0.483 e. The van der Waals surface area contributed by atoms with Gasteiger partial charge in [0.2, 0.25) is 0 Å². The fourth-order valence-electron chi connectivity index (χ4n) is 1.49. The number of carbonyl (C=O) groups excluding carboxylic acids is 1. The molecule has 6 heteroatoms. The van der Waals surface area contributed by atoms with Crippen molar-refractivity contribution < 1.29 is 9.53 Å². The standard InChI is InChI=1S/C15H12Br2N2O2/c16-12-6-7-14(13(17)8-12)21-10-15(20)19-18-9-11-4-2-1-3-5-11/h1-9H,10H2,(H,19,20)/b18-9+. The number of benzene rings is 2. The van der Waals surface area contributed by atoms with Crippen LogP contribution < -0.4 is 10.2 Å². The number of halogens is 2. The van der Waals surface area contributed by atoms with Gasteiger partial charge in [-0.25, -0.2) is 5.43 Å². The maximum Gasteiger partial charge on any atom is 0.277 e. The van der Waals surface area contributed by atoms with Crippen LogP contribution in [0.3, 0.4) is 0 Å². The van der Waals surface area contributed by atoms with Crippen LogP contribution in [0.2, 0.25) is 0 Å². The first-order valence-corrected chi connectivity index (χ1v) is 7.68. The number of rotatable bonds is 5. The van der Waals surface area contributed by atoms with Crippen LogP contribution in [0, 0.1) is 0 Å². The van der Waals surface area contributed by atoms with Gasteiger partial charge in [0.25, 0.3) is 5.91 Å². The predicted molar refractivity (Wildman–Crippen MR) is 89.5 cm³/mol. The van der Waals surface area contributed by atoms with Crippen LogP contribution in [0.25, 0.3) is 0 Å². The molecule has 21 heavy (non-hydrogen) atoms. The molecule has 0 spiro atoms. The van der Waals surface area contributed by atoms with E-state index in [9.17, 15) is 4.79 Å². The van der Waals surface area contributed by atoms with Crippen molar-refractivity contribution in [2.45, 2.75) is 0 Å². The number of nitrogens with one attached hydrogen (secondary N) is 1. The lowest BCUT2D eigenvalue weighted by Crippen LogP contribution is -2.24. The van der Waals surface area contributed by atoms with Crippen LogP contribution in [0.4, 0.5) is 0 Å². The average molecular weight is 412 g/mol. The third-order valence-electron chi connectivity index (χ3n) is 2.46. The molecule has 0 saturated carbocycles. The Morgan fingerprint density at radius 2 is 1.95 bits per heavy atom. The van der Waals surface area contributed by atoms with Crippen molar-refractivity contribution in [3.8, 4) is 5.75 Å². The van der Waals surface area contributed by atoms with Gasteiger partial charge in [-0.05, 0) is 39.7 Å². The summed E-state index contributed by atoms with van der Waals surface area (Å²) in [6.07, 6.45) is 1.58. The van der Waals surface area contributed by atoms with Crippen molar-refractivity contribution in [2.24, 2.45) is 5.10 Å². The molecule has 0 heterocycles. The minimum atomic E-state index is -0.322. The highest BCUT2D eigenvalue weighted by molar-refractivity contribution is 9.11. The van der Waals surface area contributed by atoms with Crippen LogP contribution in [0.1, 0.15) is 5.56 Å². The normalized spacial score (nSPS) is 10.6. The quantitative estimate of drug-likeness (QED) is 0.601. The zero-order valence-corrected chi connectivity index (χ0v) is 14.1. The molecule has 0 unspecified atom stereocenters. The van der Waals surface area contributed by atoms with Crippen LogP contribution in [-0.2, 0) is 4.79 Å². The fraction of sp³-hybridized carbons (Fsp3) is 0.0667. The molecule has 1 N–H and O–H groups in total. The highest BCUT2D eigenvalue weighted by atomic mass is 79.9. The fourth-order valence-corrected chi connectivity index (χ4v) is 2.65. The third-order valence-corrected chi connectivity index (χ3v) is 3.57. The lowest BCUT2D eigenvalue weighted by molar-refractivity contribution is -0.123. The summed E-state index contributed by atoms with van der Waals surface area (Å²) in [5, 5.41) is 3.87. The molecular weight excluding hydrogens is 400 g/mol. The molecule has 0 radical (unpaired) electrons. The molecule has 0 saturated heterocycles. The van der Waals surface area contributed by atoms with E-state index >= 15 is 0 Å². The number of hydrogen-bond donors (Lipinski definition) is 1. The van der Waals surface area contributed by atoms with Gasteiger partial charge < -0.3 is 4.74 Å². The van der Waals surface area contributed by atoms with Gasteiger partial charge in [-0.1, -0.05) is 46.3 Å². The van der Waals surface area contributed by atoms with Crippen molar-refractivity contribution in [1.82, 2.24) is 5.43 Å². The van der Waals surface area contributed by atoms with Gasteiger partial charge in [-0.15, -0.1) is 0 Å².